The average molecular weight is 292 g/mol. The lowest BCUT2D eigenvalue weighted by Crippen LogP contribution is -2.26. The van der Waals surface area contributed by atoms with Crippen LogP contribution in [0.4, 0.5) is 5.69 Å². The second kappa shape index (κ2) is 7.88. The van der Waals surface area contributed by atoms with Crippen LogP contribution >= 0.6 is 0 Å². The number of carbonyl (C=O) groups is 1. The molecule has 1 aliphatic rings. The first-order valence-corrected chi connectivity index (χ1v) is 7.49. The van der Waals surface area contributed by atoms with Crippen molar-refractivity contribution in [2.75, 3.05) is 19.5 Å². The zero-order chi connectivity index (χ0) is 15.1. The number of carbonyl (C=O) groups excluding carboxylic acids is 1. The summed E-state index contributed by atoms with van der Waals surface area (Å²) in [6.07, 6.45) is 4.93. The van der Waals surface area contributed by atoms with E-state index in [1.807, 2.05) is 12.1 Å². The van der Waals surface area contributed by atoms with Gasteiger partial charge in [-0.25, -0.2) is 0 Å². The van der Waals surface area contributed by atoms with Crippen molar-refractivity contribution >= 4 is 11.6 Å². The molecule has 1 unspecified atom stereocenters. The van der Waals surface area contributed by atoms with Crippen LogP contribution in [0.1, 0.15) is 37.7 Å². The Morgan fingerprint density at radius 1 is 1.48 bits per heavy atom. The third kappa shape index (κ3) is 4.93. The third-order valence-electron chi connectivity index (χ3n) is 3.75. The van der Waals surface area contributed by atoms with Gasteiger partial charge in [-0.1, -0.05) is 0 Å². The summed E-state index contributed by atoms with van der Waals surface area (Å²) in [5.74, 6) is 0.772. The van der Waals surface area contributed by atoms with Gasteiger partial charge in [0.05, 0.1) is 13.2 Å². The highest BCUT2D eigenvalue weighted by Crippen LogP contribution is 2.21. The van der Waals surface area contributed by atoms with Crippen LogP contribution in [-0.4, -0.2) is 25.7 Å². The van der Waals surface area contributed by atoms with Gasteiger partial charge < -0.3 is 20.5 Å². The highest BCUT2D eigenvalue weighted by atomic mass is 16.5. The minimum absolute atomic E-state index is 0.0358. The molecule has 5 nitrogen and oxygen atoms in total. The predicted octanol–water partition coefficient (Wildman–Crippen LogP) is 2.24. The van der Waals surface area contributed by atoms with Gasteiger partial charge >= 0.3 is 0 Å². The molecule has 0 spiro atoms. The Kier molecular flexibility index (Phi) is 5.87. The quantitative estimate of drug-likeness (QED) is 0.789. The molecule has 1 fully saturated rings. The highest BCUT2D eigenvalue weighted by molar-refractivity contribution is 5.76. The van der Waals surface area contributed by atoms with E-state index in [4.69, 9.17) is 15.2 Å². The maximum absolute atomic E-state index is 11.9. The van der Waals surface area contributed by atoms with Gasteiger partial charge in [0.2, 0.25) is 5.91 Å². The Bertz CT molecular complexity index is 471. The third-order valence-corrected chi connectivity index (χ3v) is 3.75. The molecule has 1 aliphatic heterocycles. The maximum atomic E-state index is 11.9. The summed E-state index contributed by atoms with van der Waals surface area (Å²) in [5, 5.41) is 2.91. The van der Waals surface area contributed by atoms with Crippen molar-refractivity contribution in [1.29, 1.82) is 0 Å². The number of amides is 1. The highest BCUT2D eigenvalue weighted by Gasteiger charge is 2.15. The van der Waals surface area contributed by atoms with Gasteiger partial charge in [0.15, 0.2) is 0 Å². The molecule has 1 saturated heterocycles. The molecule has 0 bridgehead atoms. The molecule has 3 N–H and O–H groups in total. The Morgan fingerprint density at radius 3 is 3.05 bits per heavy atom. The summed E-state index contributed by atoms with van der Waals surface area (Å²) in [7, 11) is 1.61. The van der Waals surface area contributed by atoms with E-state index in [1.165, 1.54) is 6.42 Å². The average Bonchev–Trinajstić information content (AvgIpc) is 2.52. The van der Waals surface area contributed by atoms with Gasteiger partial charge in [-0.3, -0.25) is 4.79 Å². The lowest BCUT2D eigenvalue weighted by molar-refractivity contribution is -0.122. The van der Waals surface area contributed by atoms with Gasteiger partial charge in [0, 0.05) is 30.8 Å². The number of benzene rings is 1. The second-order valence-electron chi connectivity index (χ2n) is 5.38. The monoisotopic (exact) mass is 292 g/mol. The number of nitrogen functional groups attached to an aromatic ring is 1. The number of anilines is 1. The summed E-state index contributed by atoms with van der Waals surface area (Å²) >= 11 is 0. The molecule has 2 rings (SSSR count). The zero-order valence-corrected chi connectivity index (χ0v) is 12.6. The van der Waals surface area contributed by atoms with Crippen molar-refractivity contribution in [3.05, 3.63) is 23.8 Å². The first-order chi connectivity index (χ1) is 10.2. The van der Waals surface area contributed by atoms with Crippen LogP contribution in [0.25, 0.3) is 0 Å². The van der Waals surface area contributed by atoms with Crippen LogP contribution in [0.15, 0.2) is 18.2 Å². The molecule has 116 valence electrons. The van der Waals surface area contributed by atoms with E-state index in [-0.39, 0.29) is 12.0 Å². The maximum Gasteiger partial charge on any atom is 0.220 e. The number of hydrogen-bond donors (Lipinski definition) is 2. The van der Waals surface area contributed by atoms with Crippen LogP contribution in [0, 0.1) is 0 Å². The van der Waals surface area contributed by atoms with E-state index in [0.717, 1.165) is 37.2 Å². The van der Waals surface area contributed by atoms with E-state index in [1.54, 1.807) is 13.2 Å². The predicted molar refractivity (Wildman–Crippen MR) is 82.1 cm³/mol. The summed E-state index contributed by atoms with van der Waals surface area (Å²) < 4.78 is 10.9. The van der Waals surface area contributed by atoms with Gasteiger partial charge in [-0.15, -0.1) is 0 Å². The molecule has 1 heterocycles. The molecule has 1 atom stereocenters. The zero-order valence-electron chi connectivity index (χ0n) is 12.6. The first kappa shape index (κ1) is 15.6. The van der Waals surface area contributed by atoms with Crippen molar-refractivity contribution in [2.45, 2.75) is 44.8 Å². The fourth-order valence-corrected chi connectivity index (χ4v) is 2.55. The van der Waals surface area contributed by atoms with Gasteiger partial charge in [0.1, 0.15) is 5.75 Å². The fourth-order valence-electron chi connectivity index (χ4n) is 2.55. The molecule has 0 aromatic heterocycles. The van der Waals surface area contributed by atoms with Crippen LogP contribution in [-0.2, 0) is 16.1 Å². The Balaban J connectivity index is 1.76. The normalized spacial score (nSPS) is 18.2. The first-order valence-electron chi connectivity index (χ1n) is 7.49. The van der Waals surface area contributed by atoms with Crippen LogP contribution in [0.3, 0.4) is 0 Å². The molecule has 5 heteroatoms. The Hall–Kier alpha value is -1.75. The number of rotatable bonds is 6. The largest absolute Gasteiger partial charge is 0.496 e. The van der Waals surface area contributed by atoms with Crippen molar-refractivity contribution in [3.8, 4) is 5.75 Å². The summed E-state index contributed by atoms with van der Waals surface area (Å²) in [6.45, 7) is 1.26. The second-order valence-corrected chi connectivity index (χ2v) is 5.38. The topological polar surface area (TPSA) is 73.6 Å². The van der Waals surface area contributed by atoms with Crippen molar-refractivity contribution in [2.24, 2.45) is 0 Å². The standard InChI is InChI=1S/C16H24N2O3/c1-20-15-7-5-13(17)10-12(15)11-18-16(19)8-6-14-4-2-3-9-21-14/h5,7,10,14H,2-4,6,8-9,11,17H2,1H3,(H,18,19). The molecule has 21 heavy (non-hydrogen) atoms. The fraction of sp³-hybridized carbons (Fsp3) is 0.562. The van der Waals surface area contributed by atoms with Crippen LogP contribution < -0.4 is 15.8 Å². The number of nitrogens with one attached hydrogen (secondary N) is 1. The number of ether oxygens (including phenoxy) is 2. The molecule has 0 saturated carbocycles. The van der Waals surface area contributed by atoms with Gasteiger partial charge in [-0.05, 0) is 43.9 Å². The van der Waals surface area contributed by atoms with E-state index in [2.05, 4.69) is 5.32 Å². The Morgan fingerprint density at radius 2 is 2.33 bits per heavy atom. The van der Waals surface area contributed by atoms with E-state index >= 15 is 0 Å². The molecule has 1 amide bonds. The minimum atomic E-state index is 0.0358. The smallest absolute Gasteiger partial charge is 0.220 e. The van der Waals surface area contributed by atoms with Crippen LogP contribution in [0.5, 0.6) is 5.75 Å². The molecule has 0 aliphatic carbocycles. The van der Waals surface area contributed by atoms with Crippen molar-refractivity contribution < 1.29 is 14.3 Å². The molecule has 0 radical (unpaired) electrons. The lowest BCUT2D eigenvalue weighted by atomic mass is 10.0. The molecule has 1 aromatic rings. The SMILES string of the molecule is COc1ccc(N)cc1CNC(=O)CCC1CCCCO1. The Labute approximate surface area is 125 Å². The number of hydrogen-bond acceptors (Lipinski definition) is 4. The number of nitrogens with two attached hydrogens (primary N) is 1. The van der Waals surface area contributed by atoms with Crippen molar-refractivity contribution in [1.82, 2.24) is 5.32 Å². The molecular weight excluding hydrogens is 268 g/mol. The number of methoxy groups -OCH3 is 1. The summed E-state index contributed by atoms with van der Waals surface area (Å²) in [5.41, 5.74) is 7.31. The van der Waals surface area contributed by atoms with E-state index < -0.39 is 0 Å². The van der Waals surface area contributed by atoms with Gasteiger partial charge in [-0.2, -0.15) is 0 Å². The molecule has 1 aromatic carbocycles. The van der Waals surface area contributed by atoms with Crippen molar-refractivity contribution in [3.63, 3.8) is 0 Å². The van der Waals surface area contributed by atoms with Gasteiger partial charge in [0.25, 0.3) is 0 Å². The molecular formula is C16H24N2O3. The van der Waals surface area contributed by atoms with E-state index in [0.29, 0.717) is 18.7 Å². The summed E-state index contributed by atoms with van der Waals surface area (Å²) in [6, 6.07) is 5.42. The summed E-state index contributed by atoms with van der Waals surface area (Å²) in [4.78, 5) is 11.9. The van der Waals surface area contributed by atoms with E-state index in [9.17, 15) is 4.79 Å². The minimum Gasteiger partial charge on any atom is -0.496 e. The lowest BCUT2D eigenvalue weighted by Gasteiger charge is -2.22. The van der Waals surface area contributed by atoms with Crippen LogP contribution in [0.2, 0.25) is 0 Å².